The normalized spacial score (nSPS) is 10.9. The summed E-state index contributed by atoms with van der Waals surface area (Å²) in [4.78, 5) is 4.35. The van der Waals surface area contributed by atoms with E-state index in [4.69, 9.17) is 0 Å². The van der Waals surface area contributed by atoms with E-state index in [0.717, 1.165) is 18.7 Å². The zero-order valence-electron chi connectivity index (χ0n) is 7.99. The van der Waals surface area contributed by atoms with Gasteiger partial charge in [0.1, 0.15) is 0 Å². The minimum absolute atomic E-state index is 0.905. The molecule has 13 heavy (non-hydrogen) atoms. The summed E-state index contributed by atoms with van der Waals surface area (Å²) in [7, 11) is 0. The van der Waals surface area contributed by atoms with Crippen molar-refractivity contribution >= 4 is 10.9 Å². The molecule has 0 fully saturated rings. The van der Waals surface area contributed by atoms with E-state index in [1.165, 1.54) is 10.9 Å². The number of nitrogens with zero attached hydrogens (tertiary/aromatic N) is 3. The average Bonchev–Trinajstić information content (AvgIpc) is 2.60. The molecule has 2 rings (SSSR count). The lowest BCUT2D eigenvalue weighted by atomic mass is 10.2. The maximum absolute atomic E-state index is 4.35. The van der Waals surface area contributed by atoms with E-state index in [1.54, 1.807) is 0 Å². The van der Waals surface area contributed by atoms with Gasteiger partial charge in [0.25, 0.3) is 0 Å². The lowest BCUT2D eigenvalue weighted by molar-refractivity contribution is 0.679. The van der Waals surface area contributed by atoms with Gasteiger partial charge >= 0.3 is 0 Å². The van der Waals surface area contributed by atoms with Crippen molar-refractivity contribution in [3.63, 3.8) is 0 Å². The van der Waals surface area contributed by atoms with Crippen LogP contribution in [-0.2, 0) is 13.0 Å². The molecule has 0 saturated heterocycles. The number of pyridine rings is 1. The van der Waals surface area contributed by atoms with Gasteiger partial charge in [0, 0.05) is 18.1 Å². The fourth-order valence-corrected chi connectivity index (χ4v) is 1.60. The molecule has 0 aliphatic rings. The number of aryl methyl sites for hydroxylation is 2. The predicted octanol–water partition coefficient (Wildman–Crippen LogP) is 2.01. The summed E-state index contributed by atoms with van der Waals surface area (Å²) in [6.45, 7) is 5.12. The van der Waals surface area contributed by atoms with Crippen molar-refractivity contribution in [1.82, 2.24) is 14.8 Å². The quantitative estimate of drug-likeness (QED) is 0.699. The number of fused-ring (bicyclic) bond motifs is 1. The largest absolute Gasteiger partial charge is 0.263 e. The summed E-state index contributed by atoms with van der Waals surface area (Å²) in [6, 6.07) is 2.01. The maximum Gasteiger partial charge on any atom is 0.0897 e. The van der Waals surface area contributed by atoms with E-state index in [-0.39, 0.29) is 0 Å². The fraction of sp³-hybridized carbons (Fsp3) is 0.400. The smallest absolute Gasteiger partial charge is 0.0897 e. The monoisotopic (exact) mass is 175 g/mol. The molecule has 0 saturated carbocycles. The summed E-state index contributed by atoms with van der Waals surface area (Å²) in [5.41, 5.74) is 2.32. The molecule has 0 radical (unpaired) electrons. The SMILES string of the molecule is CCc1nccc2cnn(CC)c12. The Hall–Kier alpha value is -1.38. The van der Waals surface area contributed by atoms with Crippen LogP contribution in [0.25, 0.3) is 10.9 Å². The first kappa shape index (κ1) is 8.23. The van der Waals surface area contributed by atoms with Crippen molar-refractivity contribution in [1.29, 1.82) is 0 Å². The molecule has 2 aromatic heterocycles. The highest BCUT2D eigenvalue weighted by Crippen LogP contribution is 2.16. The summed E-state index contributed by atoms with van der Waals surface area (Å²) in [5, 5.41) is 5.49. The molecule has 0 aromatic carbocycles. The first-order chi connectivity index (χ1) is 6.36. The van der Waals surface area contributed by atoms with Gasteiger partial charge < -0.3 is 0 Å². The zero-order valence-corrected chi connectivity index (χ0v) is 7.99. The molecule has 3 nitrogen and oxygen atoms in total. The molecule has 0 unspecified atom stereocenters. The van der Waals surface area contributed by atoms with Gasteiger partial charge in [0.15, 0.2) is 0 Å². The van der Waals surface area contributed by atoms with Crippen LogP contribution in [0.1, 0.15) is 19.5 Å². The minimum Gasteiger partial charge on any atom is -0.263 e. The zero-order chi connectivity index (χ0) is 9.26. The molecule has 0 spiro atoms. The van der Waals surface area contributed by atoms with E-state index in [1.807, 2.05) is 23.1 Å². The highest BCUT2D eigenvalue weighted by atomic mass is 15.3. The second-order valence-electron chi connectivity index (χ2n) is 3.01. The summed E-state index contributed by atoms with van der Waals surface area (Å²) < 4.78 is 2.00. The molecule has 3 heteroatoms. The van der Waals surface area contributed by atoms with Gasteiger partial charge in [-0.2, -0.15) is 5.10 Å². The highest BCUT2D eigenvalue weighted by Gasteiger charge is 2.05. The molecule has 0 aliphatic carbocycles. The lowest BCUT2D eigenvalue weighted by Gasteiger charge is -2.02. The van der Waals surface area contributed by atoms with Crippen LogP contribution < -0.4 is 0 Å². The first-order valence-corrected chi connectivity index (χ1v) is 4.66. The van der Waals surface area contributed by atoms with Crippen LogP contribution in [0.4, 0.5) is 0 Å². The van der Waals surface area contributed by atoms with Gasteiger partial charge in [-0.1, -0.05) is 6.92 Å². The van der Waals surface area contributed by atoms with Gasteiger partial charge in [0.2, 0.25) is 0 Å². The van der Waals surface area contributed by atoms with Crippen molar-refractivity contribution in [3.8, 4) is 0 Å². The fourth-order valence-electron chi connectivity index (χ4n) is 1.60. The van der Waals surface area contributed by atoms with E-state index in [2.05, 4.69) is 23.9 Å². The number of hydrogen-bond acceptors (Lipinski definition) is 2. The molecule has 68 valence electrons. The Kier molecular flexibility index (Phi) is 2.00. The standard InChI is InChI=1S/C10H13N3/c1-3-9-10-8(5-6-11-9)7-12-13(10)4-2/h5-7H,3-4H2,1-2H3. The second kappa shape index (κ2) is 3.17. The van der Waals surface area contributed by atoms with Gasteiger partial charge in [-0.25, -0.2) is 0 Å². The summed E-state index contributed by atoms with van der Waals surface area (Å²) in [5.74, 6) is 0. The average molecular weight is 175 g/mol. The van der Waals surface area contributed by atoms with Crippen LogP contribution in [0.15, 0.2) is 18.5 Å². The lowest BCUT2D eigenvalue weighted by Crippen LogP contribution is -1.99. The van der Waals surface area contributed by atoms with Gasteiger partial charge in [-0.15, -0.1) is 0 Å². The molecular formula is C10H13N3. The second-order valence-corrected chi connectivity index (χ2v) is 3.01. The molecular weight excluding hydrogens is 162 g/mol. The number of rotatable bonds is 2. The van der Waals surface area contributed by atoms with Crippen LogP contribution >= 0.6 is 0 Å². The number of hydrogen-bond donors (Lipinski definition) is 0. The topological polar surface area (TPSA) is 30.7 Å². The minimum atomic E-state index is 0.905. The third-order valence-electron chi connectivity index (χ3n) is 2.26. The van der Waals surface area contributed by atoms with E-state index in [0.29, 0.717) is 0 Å². The van der Waals surface area contributed by atoms with Crippen LogP contribution in [0.5, 0.6) is 0 Å². The van der Waals surface area contributed by atoms with Crippen molar-refractivity contribution in [2.75, 3.05) is 0 Å². The van der Waals surface area contributed by atoms with Crippen molar-refractivity contribution in [3.05, 3.63) is 24.2 Å². The maximum atomic E-state index is 4.35. The summed E-state index contributed by atoms with van der Waals surface area (Å²) in [6.07, 6.45) is 4.71. The number of aromatic nitrogens is 3. The van der Waals surface area contributed by atoms with E-state index in [9.17, 15) is 0 Å². The van der Waals surface area contributed by atoms with Crippen LogP contribution in [0.2, 0.25) is 0 Å². The molecule has 0 amide bonds. The molecule has 0 N–H and O–H groups in total. The molecule has 2 aromatic rings. The Morgan fingerprint density at radius 1 is 1.38 bits per heavy atom. The Morgan fingerprint density at radius 2 is 2.23 bits per heavy atom. The van der Waals surface area contributed by atoms with Gasteiger partial charge in [0.05, 0.1) is 17.4 Å². The van der Waals surface area contributed by atoms with Crippen LogP contribution in [0.3, 0.4) is 0 Å². The van der Waals surface area contributed by atoms with E-state index >= 15 is 0 Å². The molecule has 2 heterocycles. The Labute approximate surface area is 77.4 Å². The van der Waals surface area contributed by atoms with Crippen LogP contribution in [0, 0.1) is 0 Å². The first-order valence-electron chi connectivity index (χ1n) is 4.66. The summed E-state index contributed by atoms with van der Waals surface area (Å²) >= 11 is 0. The van der Waals surface area contributed by atoms with E-state index < -0.39 is 0 Å². The Bertz CT molecular complexity index is 417. The van der Waals surface area contributed by atoms with Gasteiger partial charge in [-0.3, -0.25) is 9.67 Å². The van der Waals surface area contributed by atoms with Crippen molar-refractivity contribution in [2.45, 2.75) is 26.8 Å². The van der Waals surface area contributed by atoms with Crippen molar-refractivity contribution < 1.29 is 0 Å². The molecule has 0 bridgehead atoms. The molecule has 0 atom stereocenters. The van der Waals surface area contributed by atoms with Crippen LogP contribution in [-0.4, -0.2) is 14.8 Å². The molecule has 0 aliphatic heterocycles. The highest BCUT2D eigenvalue weighted by molar-refractivity contribution is 5.80. The van der Waals surface area contributed by atoms with Gasteiger partial charge in [-0.05, 0) is 19.4 Å². The van der Waals surface area contributed by atoms with Crippen molar-refractivity contribution in [2.24, 2.45) is 0 Å². The Morgan fingerprint density at radius 3 is 2.92 bits per heavy atom. The third-order valence-corrected chi connectivity index (χ3v) is 2.26. The predicted molar refractivity (Wildman–Crippen MR) is 52.6 cm³/mol. The Balaban J connectivity index is 2.76. The third kappa shape index (κ3) is 1.20.